The van der Waals surface area contributed by atoms with E-state index < -0.39 is 26.0 Å². The maximum atomic E-state index is 13.4. The highest BCUT2D eigenvalue weighted by molar-refractivity contribution is 7.89. The molecule has 0 amide bonds. The van der Waals surface area contributed by atoms with Gasteiger partial charge < -0.3 is 34.0 Å². The lowest BCUT2D eigenvalue weighted by atomic mass is 9.86. The number of hydrogen-bond donors (Lipinski definition) is 5. The summed E-state index contributed by atoms with van der Waals surface area (Å²) in [7, 11) is -1.79. The van der Waals surface area contributed by atoms with Crippen LogP contribution in [0.4, 0.5) is 0 Å². The van der Waals surface area contributed by atoms with E-state index in [1.54, 1.807) is 36.4 Å². The largest absolute Gasteiger partial charge is 0.502 e. The number of aromatic hydroxyl groups is 1. The van der Waals surface area contributed by atoms with Gasteiger partial charge >= 0.3 is 0 Å². The molecule has 58 heavy (non-hydrogen) atoms. The molecule has 5 aromatic carbocycles. The topological polar surface area (TPSA) is 181 Å². The van der Waals surface area contributed by atoms with Crippen molar-refractivity contribution in [3.8, 4) is 28.7 Å². The highest BCUT2D eigenvalue weighted by atomic mass is 32.2. The molecule has 15 heteroatoms. The Morgan fingerprint density at radius 2 is 0.966 bits per heavy atom. The molecule has 13 nitrogen and oxygen atoms in total. The Morgan fingerprint density at radius 3 is 1.34 bits per heavy atom. The van der Waals surface area contributed by atoms with Gasteiger partial charge in [0.05, 0.1) is 44.1 Å². The molecule has 7 aromatic rings. The summed E-state index contributed by atoms with van der Waals surface area (Å²) in [6.07, 6.45) is 0.601. The number of fused-ring (bicyclic) bond motifs is 2. The molecule has 0 atom stereocenters. The van der Waals surface area contributed by atoms with Gasteiger partial charge in [-0.2, -0.15) is 0 Å². The molecule has 0 bridgehead atoms. The number of rotatable bonds is 17. The number of aromatic amines is 2. The number of sulfonamides is 2. The molecule has 0 aliphatic heterocycles. The normalized spacial score (nSPS) is 12.0. The predicted octanol–water partition coefficient (Wildman–Crippen LogP) is 6.61. The second-order valence-electron chi connectivity index (χ2n) is 13.5. The molecule has 2 heterocycles. The first-order valence-electron chi connectivity index (χ1n) is 18.4. The summed E-state index contributed by atoms with van der Waals surface area (Å²) in [5.41, 5.74) is 5.57. The van der Waals surface area contributed by atoms with Gasteiger partial charge in [0.15, 0.2) is 11.5 Å². The lowest BCUT2D eigenvalue weighted by molar-refractivity contribution is 0.339. The second-order valence-corrected chi connectivity index (χ2v) is 17.0. The zero-order valence-corrected chi connectivity index (χ0v) is 34.0. The molecular formula is C43H44N4O9S2. The first-order chi connectivity index (χ1) is 28.0. The fourth-order valence-corrected chi connectivity index (χ4v) is 9.39. The number of H-pyrrole nitrogens is 2. The van der Waals surface area contributed by atoms with Crippen LogP contribution in [-0.2, 0) is 32.9 Å². The van der Waals surface area contributed by atoms with Crippen LogP contribution in [0.15, 0.2) is 119 Å². The van der Waals surface area contributed by atoms with Crippen LogP contribution in [0, 0.1) is 0 Å². The zero-order chi connectivity index (χ0) is 41.0. The monoisotopic (exact) mass is 824 g/mol. The van der Waals surface area contributed by atoms with Gasteiger partial charge in [0, 0.05) is 46.3 Å². The van der Waals surface area contributed by atoms with Gasteiger partial charge in [-0.15, -0.1) is 0 Å². The first kappa shape index (κ1) is 40.2. The van der Waals surface area contributed by atoms with Crippen molar-refractivity contribution in [3.63, 3.8) is 0 Å². The molecule has 0 radical (unpaired) electrons. The lowest BCUT2D eigenvalue weighted by Crippen LogP contribution is -2.26. The number of para-hydroxylation sites is 2. The van der Waals surface area contributed by atoms with Crippen molar-refractivity contribution in [2.45, 2.75) is 28.6 Å². The van der Waals surface area contributed by atoms with Crippen LogP contribution in [0.5, 0.6) is 28.7 Å². The Bertz CT molecular complexity index is 2600. The van der Waals surface area contributed by atoms with Gasteiger partial charge in [0.25, 0.3) is 0 Å². The Morgan fingerprint density at radius 1 is 0.569 bits per heavy atom. The van der Waals surface area contributed by atoms with Gasteiger partial charge in [-0.05, 0) is 102 Å². The van der Waals surface area contributed by atoms with E-state index in [1.807, 2.05) is 48.5 Å². The second kappa shape index (κ2) is 16.8. The number of ether oxygens (including phenoxy) is 4. The molecule has 0 saturated carbocycles. The minimum Gasteiger partial charge on any atom is -0.502 e. The SMILES string of the molecule is COc1ccc(S(=O)(=O)NCCc2c(C(c3cc(OC)c(O)c(OC)c3)c3[nH]c4ccccc4c3CCNS(=O)(=O)c3ccc(OC)cc3)[nH]c3ccccc23)cc1. The summed E-state index contributed by atoms with van der Waals surface area (Å²) >= 11 is 0. The van der Waals surface area contributed by atoms with E-state index in [2.05, 4.69) is 19.4 Å². The lowest BCUT2D eigenvalue weighted by Gasteiger charge is -2.22. The number of hydrogen-bond acceptors (Lipinski definition) is 9. The molecule has 0 fully saturated rings. The number of nitrogens with one attached hydrogen (secondary N) is 4. The average molecular weight is 825 g/mol. The standard InChI is InChI=1S/C43H44N4O9S2/c1-53-28-13-17-30(18-14-28)57(49,50)44-23-21-34-32-9-5-7-11-36(32)46-41(34)40(27-25-38(55-3)43(48)39(26-27)56-4)42-35(33-10-6-8-12-37(33)47-42)22-24-45-58(51,52)31-19-15-29(54-2)16-20-31/h5-20,25-26,40,44-48H,21-24H2,1-4H3. The number of phenolic OH excluding ortho intramolecular Hbond substituents is 1. The summed E-state index contributed by atoms with van der Waals surface area (Å²) in [6.45, 7) is 0.149. The van der Waals surface area contributed by atoms with Crippen molar-refractivity contribution in [1.82, 2.24) is 19.4 Å². The van der Waals surface area contributed by atoms with E-state index >= 15 is 0 Å². The predicted molar refractivity (Wildman–Crippen MR) is 223 cm³/mol. The molecule has 302 valence electrons. The van der Waals surface area contributed by atoms with Crippen molar-refractivity contribution in [2.75, 3.05) is 41.5 Å². The molecular weight excluding hydrogens is 781 g/mol. The van der Waals surface area contributed by atoms with Gasteiger partial charge in [0.1, 0.15) is 11.5 Å². The smallest absolute Gasteiger partial charge is 0.240 e. The summed E-state index contributed by atoms with van der Waals surface area (Å²) in [5, 5.41) is 12.8. The molecule has 0 spiro atoms. The average Bonchev–Trinajstić information content (AvgIpc) is 3.79. The summed E-state index contributed by atoms with van der Waals surface area (Å²) in [4.78, 5) is 7.52. The van der Waals surface area contributed by atoms with Crippen LogP contribution < -0.4 is 28.4 Å². The highest BCUT2D eigenvalue weighted by Gasteiger charge is 2.30. The third-order valence-electron chi connectivity index (χ3n) is 10.2. The van der Waals surface area contributed by atoms with Gasteiger partial charge in [-0.3, -0.25) is 0 Å². The van der Waals surface area contributed by atoms with E-state index in [0.29, 0.717) is 29.9 Å². The van der Waals surface area contributed by atoms with E-state index in [0.717, 1.165) is 44.3 Å². The van der Waals surface area contributed by atoms with Crippen LogP contribution in [-0.4, -0.2) is 73.4 Å². The number of aromatic nitrogens is 2. The minimum absolute atomic E-state index is 0.0743. The Balaban J connectivity index is 1.33. The third kappa shape index (κ3) is 8.07. The van der Waals surface area contributed by atoms with Crippen molar-refractivity contribution in [3.05, 3.63) is 137 Å². The fraction of sp³-hybridized carbons (Fsp3) is 0.209. The molecule has 0 aliphatic carbocycles. The Hall–Kier alpha value is -6.00. The van der Waals surface area contributed by atoms with Gasteiger partial charge in [-0.1, -0.05) is 36.4 Å². The Labute approximate surface area is 337 Å². The third-order valence-corrected chi connectivity index (χ3v) is 13.1. The first-order valence-corrected chi connectivity index (χ1v) is 21.4. The number of benzene rings is 5. The fourth-order valence-electron chi connectivity index (χ4n) is 7.33. The molecule has 0 saturated heterocycles. The minimum atomic E-state index is -3.87. The summed E-state index contributed by atoms with van der Waals surface area (Å²) in [6, 6.07) is 31.4. The van der Waals surface area contributed by atoms with Crippen LogP contribution in [0.3, 0.4) is 0 Å². The summed E-state index contributed by atoms with van der Waals surface area (Å²) in [5.74, 6) is 0.693. The van der Waals surface area contributed by atoms with Crippen LogP contribution in [0.2, 0.25) is 0 Å². The van der Waals surface area contributed by atoms with E-state index in [-0.39, 0.29) is 40.1 Å². The van der Waals surface area contributed by atoms with E-state index in [1.165, 1.54) is 52.7 Å². The molecule has 7 rings (SSSR count). The van der Waals surface area contributed by atoms with Crippen molar-refractivity contribution < 1.29 is 40.9 Å². The molecule has 0 unspecified atom stereocenters. The number of methoxy groups -OCH3 is 4. The molecule has 5 N–H and O–H groups in total. The van der Waals surface area contributed by atoms with Crippen LogP contribution >= 0.6 is 0 Å². The van der Waals surface area contributed by atoms with Crippen LogP contribution in [0.1, 0.15) is 34.0 Å². The van der Waals surface area contributed by atoms with Crippen molar-refractivity contribution in [1.29, 1.82) is 0 Å². The van der Waals surface area contributed by atoms with Gasteiger partial charge in [-0.25, -0.2) is 26.3 Å². The van der Waals surface area contributed by atoms with Crippen molar-refractivity contribution >= 4 is 41.9 Å². The zero-order valence-electron chi connectivity index (χ0n) is 32.3. The summed E-state index contributed by atoms with van der Waals surface area (Å²) < 4.78 is 80.9. The quantitative estimate of drug-likeness (QED) is 0.0675. The number of phenols is 1. The van der Waals surface area contributed by atoms with E-state index in [4.69, 9.17) is 18.9 Å². The van der Waals surface area contributed by atoms with Crippen molar-refractivity contribution in [2.24, 2.45) is 0 Å². The molecule has 0 aliphatic rings. The van der Waals surface area contributed by atoms with Gasteiger partial charge in [0.2, 0.25) is 25.8 Å². The maximum absolute atomic E-state index is 13.4. The van der Waals surface area contributed by atoms with Crippen LogP contribution in [0.25, 0.3) is 21.8 Å². The van der Waals surface area contributed by atoms with E-state index in [9.17, 15) is 21.9 Å². The highest BCUT2D eigenvalue weighted by Crippen LogP contribution is 2.45. The molecule has 2 aromatic heterocycles. The Kier molecular flexibility index (Phi) is 11.7. The maximum Gasteiger partial charge on any atom is 0.240 e.